The van der Waals surface area contributed by atoms with E-state index in [0.29, 0.717) is 11.6 Å². The molecule has 0 aliphatic carbocycles. The fourth-order valence-electron chi connectivity index (χ4n) is 1.64. The molecule has 18 heavy (non-hydrogen) atoms. The van der Waals surface area contributed by atoms with Crippen LogP contribution in [-0.2, 0) is 4.74 Å². The fourth-order valence-corrected chi connectivity index (χ4v) is 1.81. The predicted molar refractivity (Wildman–Crippen MR) is 69.7 cm³/mol. The minimum absolute atomic E-state index is 0.606. The standard InChI is InChI=1S/C12H16ClN3O2/c1-17-7-3-2-4-8-18-16-12-9-10(13)5-6-11(12)14-15-16/h5-6,9H,2-4,7-8H2,1H3. The second kappa shape index (κ2) is 6.56. The summed E-state index contributed by atoms with van der Waals surface area (Å²) in [4.78, 5) is 6.97. The molecule has 2 rings (SSSR count). The molecule has 0 radical (unpaired) electrons. The van der Waals surface area contributed by atoms with Gasteiger partial charge in [-0.1, -0.05) is 16.4 Å². The average Bonchev–Trinajstić information content (AvgIpc) is 2.76. The van der Waals surface area contributed by atoms with E-state index in [-0.39, 0.29) is 0 Å². The third kappa shape index (κ3) is 3.34. The summed E-state index contributed by atoms with van der Waals surface area (Å²) in [6.07, 6.45) is 3.08. The molecule has 0 fully saturated rings. The highest BCUT2D eigenvalue weighted by molar-refractivity contribution is 6.31. The van der Waals surface area contributed by atoms with Crippen LogP contribution in [0.1, 0.15) is 19.3 Å². The van der Waals surface area contributed by atoms with Crippen LogP contribution in [0.3, 0.4) is 0 Å². The van der Waals surface area contributed by atoms with Crippen LogP contribution >= 0.6 is 11.6 Å². The van der Waals surface area contributed by atoms with Gasteiger partial charge in [0.2, 0.25) is 0 Å². The third-order valence-electron chi connectivity index (χ3n) is 2.58. The molecule has 0 atom stereocenters. The highest BCUT2D eigenvalue weighted by Gasteiger charge is 2.05. The first-order chi connectivity index (χ1) is 8.81. The van der Waals surface area contributed by atoms with Gasteiger partial charge >= 0.3 is 0 Å². The molecule has 0 aliphatic rings. The Kier molecular flexibility index (Phi) is 4.78. The van der Waals surface area contributed by atoms with Crippen LogP contribution in [0.4, 0.5) is 0 Å². The summed E-state index contributed by atoms with van der Waals surface area (Å²) in [5.41, 5.74) is 1.57. The van der Waals surface area contributed by atoms with E-state index in [4.69, 9.17) is 21.2 Å². The van der Waals surface area contributed by atoms with Crippen molar-refractivity contribution in [3.8, 4) is 0 Å². The Morgan fingerprint density at radius 1 is 1.22 bits per heavy atom. The smallest absolute Gasteiger partial charge is 0.132 e. The minimum atomic E-state index is 0.606. The lowest BCUT2D eigenvalue weighted by Gasteiger charge is -2.05. The van der Waals surface area contributed by atoms with Gasteiger partial charge < -0.3 is 9.57 Å². The van der Waals surface area contributed by atoms with Crippen LogP contribution in [0.15, 0.2) is 18.2 Å². The molecular weight excluding hydrogens is 254 g/mol. The van der Waals surface area contributed by atoms with Gasteiger partial charge in [0.15, 0.2) is 0 Å². The number of methoxy groups -OCH3 is 1. The molecule has 0 unspecified atom stereocenters. The van der Waals surface area contributed by atoms with Crippen LogP contribution < -0.4 is 4.84 Å². The van der Waals surface area contributed by atoms with E-state index in [1.807, 2.05) is 6.07 Å². The van der Waals surface area contributed by atoms with Gasteiger partial charge in [0.1, 0.15) is 17.6 Å². The molecule has 1 aromatic carbocycles. The summed E-state index contributed by atoms with van der Waals surface area (Å²) in [5, 5.41) is 8.58. The van der Waals surface area contributed by atoms with Crippen molar-refractivity contribution in [1.29, 1.82) is 0 Å². The molecule has 0 saturated carbocycles. The maximum Gasteiger partial charge on any atom is 0.132 e. The highest BCUT2D eigenvalue weighted by Crippen LogP contribution is 2.16. The summed E-state index contributed by atoms with van der Waals surface area (Å²) in [5.74, 6) is 0. The molecule has 6 heteroatoms. The second-order valence-electron chi connectivity index (χ2n) is 3.98. The zero-order valence-electron chi connectivity index (χ0n) is 10.3. The van der Waals surface area contributed by atoms with E-state index in [1.54, 1.807) is 19.2 Å². The monoisotopic (exact) mass is 269 g/mol. The van der Waals surface area contributed by atoms with E-state index in [0.717, 1.165) is 36.9 Å². The maximum absolute atomic E-state index is 5.93. The van der Waals surface area contributed by atoms with E-state index in [1.165, 1.54) is 4.85 Å². The largest absolute Gasteiger partial charge is 0.395 e. The highest BCUT2D eigenvalue weighted by atomic mass is 35.5. The minimum Gasteiger partial charge on any atom is -0.395 e. The average molecular weight is 270 g/mol. The van der Waals surface area contributed by atoms with Gasteiger partial charge in [0, 0.05) is 18.7 Å². The number of fused-ring (bicyclic) bond motifs is 1. The Labute approximate surface area is 111 Å². The molecule has 2 aromatic rings. The Morgan fingerprint density at radius 3 is 2.89 bits per heavy atom. The lowest BCUT2D eigenvalue weighted by molar-refractivity contribution is 0.0828. The van der Waals surface area contributed by atoms with Gasteiger partial charge in [-0.3, -0.25) is 0 Å². The van der Waals surface area contributed by atoms with Crippen LogP contribution in [0, 0.1) is 0 Å². The van der Waals surface area contributed by atoms with Crippen molar-refractivity contribution in [1.82, 2.24) is 15.2 Å². The zero-order valence-corrected chi connectivity index (χ0v) is 11.1. The SMILES string of the molecule is COCCCCCOn1nnc2ccc(Cl)cc21. The molecule has 5 nitrogen and oxygen atoms in total. The van der Waals surface area contributed by atoms with Crippen molar-refractivity contribution >= 4 is 22.6 Å². The van der Waals surface area contributed by atoms with Gasteiger partial charge in [-0.15, -0.1) is 5.10 Å². The molecule has 0 aliphatic heterocycles. The molecule has 0 spiro atoms. The van der Waals surface area contributed by atoms with Crippen molar-refractivity contribution in [2.75, 3.05) is 20.3 Å². The van der Waals surface area contributed by atoms with Crippen LogP contribution in [-0.4, -0.2) is 35.5 Å². The topological polar surface area (TPSA) is 49.2 Å². The molecular formula is C12H16ClN3O2. The van der Waals surface area contributed by atoms with Crippen LogP contribution in [0.5, 0.6) is 0 Å². The molecule has 0 bridgehead atoms. The summed E-state index contributed by atoms with van der Waals surface area (Å²) >= 11 is 5.93. The number of benzene rings is 1. The van der Waals surface area contributed by atoms with Crippen molar-refractivity contribution in [2.24, 2.45) is 0 Å². The van der Waals surface area contributed by atoms with E-state index < -0.39 is 0 Å². The van der Waals surface area contributed by atoms with Gasteiger partial charge in [0.05, 0.1) is 0 Å². The van der Waals surface area contributed by atoms with E-state index in [2.05, 4.69) is 10.3 Å². The lowest BCUT2D eigenvalue weighted by Crippen LogP contribution is -2.14. The zero-order chi connectivity index (χ0) is 12.8. The van der Waals surface area contributed by atoms with Crippen molar-refractivity contribution in [2.45, 2.75) is 19.3 Å². The fraction of sp³-hybridized carbons (Fsp3) is 0.500. The normalized spacial score (nSPS) is 11.0. The van der Waals surface area contributed by atoms with Gasteiger partial charge in [-0.2, -0.15) is 0 Å². The van der Waals surface area contributed by atoms with E-state index >= 15 is 0 Å². The summed E-state index contributed by atoms with van der Waals surface area (Å²) in [7, 11) is 1.71. The van der Waals surface area contributed by atoms with Crippen molar-refractivity contribution in [3.05, 3.63) is 23.2 Å². The Balaban J connectivity index is 1.86. The predicted octanol–water partition coefficient (Wildman–Crippen LogP) is 2.33. The van der Waals surface area contributed by atoms with E-state index in [9.17, 15) is 0 Å². The van der Waals surface area contributed by atoms with Crippen LogP contribution in [0.25, 0.3) is 11.0 Å². The number of hydrogen-bond acceptors (Lipinski definition) is 4. The van der Waals surface area contributed by atoms with Crippen molar-refractivity contribution in [3.63, 3.8) is 0 Å². The summed E-state index contributed by atoms with van der Waals surface area (Å²) in [6, 6.07) is 5.40. The Hall–Kier alpha value is -1.33. The number of unbranched alkanes of at least 4 members (excludes halogenated alkanes) is 2. The second-order valence-corrected chi connectivity index (χ2v) is 4.42. The molecule has 1 aromatic heterocycles. The molecule has 0 saturated heterocycles. The maximum atomic E-state index is 5.93. The number of ether oxygens (including phenoxy) is 1. The molecule has 0 amide bonds. The summed E-state index contributed by atoms with van der Waals surface area (Å²) < 4.78 is 4.98. The quantitative estimate of drug-likeness (QED) is 0.724. The Morgan fingerprint density at radius 2 is 2.06 bits per heavy atom. The van der Waals surface area contributed by atoms with Crippen LogP contribution in [0.2, 0.25) is 5.02 Å². The first-order valence-corrected chi connectivity index (χ1v) is 6.32. The lowest BCUT2D eigenvalue weighted by atomic mass is 10.2. The number of hydrogen-bond donors (Lipinski definition) is 0. The van der Waals surface area contributed by atoms with Gasteiger partial charge in [-0.25, -0.2) is 0 Å². The number of halogens is 1. The molecule has 98 valence electrons. The van der Waals surface area contributed by atoms with Gasteiger partial charge in [0.25, 0.3) is 0 Å². The number of rotatable bonds is 7. The first-order valence-electron chi connectivity index (χ1n) is 5.94. The van der Waals surface area contributed by atoms with Gasteiger partial charge in [-0.05, 0) is 42.7 Å². The molecule has 0 N–H and O–H groups in total. The molecule has 1 heterocycles. The summed E-state index contributed by atoms with van der Waals surface area (Å²) in [6.45, 7) is 1.40. The number of aromatic nitrogens is 3. The third-order valence-corrected chi connectivity index (χ3v) is 2.82. The van der Waals surface area contributed by atoms with Crippen molar-refractivity contribution < 1.29 is 9.57 Å². The number of nitrogens with zero attached hydrogens (tertiary/aromatic N) is 3. The Bertz CT molecular complexity index is 501. The first kappa shape index (κ1) is 13.1.